The molecule has 2 aromatic carbocycles. The molecule has 34 heavy (non-hydrogen) atoms. The van der Waals surface area contributed by atoms with Crippen LogP contribution < -0.4 is 5.32 Å². The number of rotatable bonds is 6. The zero-order chi connectivity index (χ0) is 23.8. The van der Waals surface area contributed by atoms with Gasteiger partial charge in [-0.3, -0.25) is 4.79 Å². The van der Waals surface area contributed by atoms with Crippen LogP contribution in [-0.4, -0.2) is 53.2 Å². The standard InChI is InChI=1S/C27H30N2O5/c1-2-23(25(30)29-14-16-8-7-13-17(16)24(29)26(31)32)28-27(33)34-15-22-20-11-5-3-9-18(20)19-10-4-6-12-21(19)22/h3-6,9-12,16-17,22-24H,2,7-8,13-15H2,1H3,(H,28,33)(H,31,32). The topological polar surface area (TPSA) is 95.9 Å². The highest BCUT2D eigenvalue weighted by atomic mass is 16.5. The molecule has 7 heteroatoms. The Morgan fingerprint density at radius 3 is 2.32 bits per heavy atom. The number of likely N-dealkylation sites (tertiary alicyclic amines) is 1. The summed E-state index contributed by atoms with van der Waals surface area (Å²) in [6.45, 7) is 2.42. The molecule has 0 aromatic heterocycles. The number of nitrogens with zero attached hydrogens (tertiary/aromatic N) is 1. The zero-order valence-electron chi connectivity index (χ0n) is 19.3. The Labute approximate surface area is 199 Å². The summed E-state index contributed by atoms with van der Waals surface area (Å²) in [4.78, 5) is 39.3. The van der Waals surface area contributed by atoms with Crippen LogP contribution in [0.2, 0.25) is 0 Å². The largest absolute Gasteiger partial charge is 0.480 e. The third kappa shape index (κ3) is 3.83. The summed E-state index contributed by atoms with van der Waals surface area (Å²) < 4.78 is 5.60. The van der Waals surface area contributed by atoms with Gasteiger partial charge in [0.2, 0.25) is 5.91 Å². The number of benzene rings is 2. The molecule has 2 aliphatic carbocycles. The molecule has 178 valence electrons. The van der Waals surface area contributed by atoms with Crippen LogP contribution in [0, 0.1) is 11.8 Å². The van der Waals surface area contributed by atoms with Gasteiger partial charge in [-0.25, -0.2) is 9.59 Å². The van der Waals surface area contributed by atoms with Gasteiger partial charge in [0, 0.05) is 12.5 Å². The molecule has 5 rings (SSSR count). The van der Waals surface area contributed by atoms with Crippen molar-refractivity contribution in [2.45, 2.75) is 50.6 Å². The molecule has 7 nitrogen and oxygen atoms in total. The molecule has 1 saturated carbocycles. The van der Waals surface area contributed by atoms with E-state index in [0.717, 1.165) is 41.5 Å². The second-order valence-corrected chi connectivity index (χ2v) is 9.56. The van der Waals surface area contributed by atoms with Crippen LogP contribution in [0.15, 0.2) is 48.5 Å². The molecule has 2 amide bonds. The zero-order valence-corrected chi connectivity index (χ0v) is 19.3. The Hall–Kier alpha value is -3.35. The van der Waals surface area contributed by atoms with Gasteiger partial charge in [-0.15, -0.1) is 0 Å². The fraction of sp³-hybridized carbons (Fsp3) is 0.444. The molecule has 3 aliphatic rings. The fourth-order valence-corrected chi connectivity index (χ4v) is 6.17. The maximum Gasteiger partial charge on any atom is 0.407 e. The summed E-state index contributed by atoms with van der Waals surface area (Å²) in [5.74, 6) is -1.12. The van der Waals surface area contributed by atoms with E-state index >= 15 is 0 Å². The van der Waals surface area contributed by atoms with Crippen molar-refractivity contribution in [2.75, 3.05) is 13.2 Å². The lowest BCUT2D eigenvalue weighted by molar-refractivity contribution is -0.150. The van der Waals surface area contributed by atoms with Crippen molar-refractivity contribution in [2.24, 2.45) is 11.8 Å². The number of fused-ring (bicyclic) bond motifs is 4. The van der Waals surface area contributed by atoms with Crippen LogP contribution in [0.1, 0.15) is 49.7 Å². The third-order valence-electron chi connectivity index (χ3n) is 7.77. The van der Waals surface area contributed by atoms with Crippen molar-refractivity contribution in [3.63, 3.8) is 0 Å². The summed E-state index contributed by atoms with van der Waals surface area (Å²) in [6.07, 6.45) is 2.50. The average Bonchev–Trinajstić information content (AvgIpc) is 3.52. The minimum atomic E-state index is -0.959. The van der Waals surface area contributed by atoms with Gasteiger partial charge in [-0.2, -0.15) is 0 Å². The van der Waals surface area contributed by atoms with E-state index in [2.05, 4.69) is 29.6 Å². The summed E-state index contributed by atoms with van der Waals surface area (Å²) in [7, 11) is 0. The van der Waals surface area contributed by atoms with Crippen molar-refractivity contribution >= 4 is 18.0 Å². The number of carbonyl (C=O) groups is 3. The number of ether oxygens (including phenoxy) is 1. The van der Waals surface area contributed by atoms with Gasteiger partial charge in [-0.1, -0.05) is 61.9 Å². The maximum absolute atomic E-state index is 13.2. The van der Waals surface area contributed by atoms with E-state index in [1.165, 1.54) is 4.90 Å². The van der Waals surface area contributed by atoms with E-state index in [4.69, 9.17) is 4.74 Å². The SMILES string of the molecule is CCC(NC(=O)OCC1c2ccccc2-c2ccccc21)C(=O)N1CC2CCCC2C1C(=O)O. The normalized spacial score (nSPS) is 23.7. The highest BCUT2D eigenvalue weighted by Gasteiger charge is 2.50. The van der Waals surface area contributed by atoms with Gasteiger partial charge in [0.1, 0.15) is 18.7 Å². The monoisotopic (exact) mass is 462 g/mol. The van der Waals surface area contributed by atoms with E-state index < -0.39 is 24.1 Å². The summed E-state index contributed by atoms with van der Waals surface area (Å²) in [6, 6.07) is 14.6. The van der Waals surface area contributed by atoms with Gasteiger partial charge < -0.3 is 20.1 Å². The van der Waals surface area contributed by atoms with Crippen LogP contribution >= 0.6 is 0 Å². The van der Waals surface area contributed by atoms with Crippen LogP contribution in [-0.2, 0) is 14.3 Å². The van der Waals surface area contributed by atoms with Crippen molar-refractivity contribution in [3.8, 4) is 11.1 Å². The lowest BCUT2D eigenvalue weighted by Gasteiger charge is -2.28. The van der Waals surface area contributed by atoms with Gasteiger partial charge in [0.25, 0.3) is 0 Å². The molecule has 2 fully saturated rings. The molecule has 2 N–H and O–H groups in total. The van der Waals surface area contributed by atoms with E-state index in [1.54, 1.807) is 6.92 Å². The van der Waals surface area contributed by atoms with E-state index in [1.807, 2.05) is 24.3 Å². The molecule has 1 aliphatic heterocycles. The minimum absolute atomic E-state index is 0.00779. The third-order valence-corrected chi connectivity index (χ3v) is 7.77. The molecule has 1 heterocycles. The minimum Gasteiger partial charge on any atom is -0.480 e. The smallest absolute Gasteiger partial charge is 0.407 e. The highest BCUT2D eigenvalue weighted by Crippen LogP contribution is 2.45. The van der Waals surface area contributed by atoms with Crippen molar-refractivity contribution in [3.05, 3.63) is 59.7 Å². The second kappa shape index (κ2) is 9.12. The predicted molar refractivity (Wildman–Crippen MR) is 126 cm³/mol. The Bertz CT molecular complexity index is 1070. The second-order valence-electron chi connectivity index (χ2n) is 9.56. The van der Waals surface area contributed by atoms with E-state index in [9.17, 15) is 19.5 Å². The Morgan fingerprint density at radius 2 is 1.71 bits per heavy atom. The molecular formula is C27H30N2O5. The van der Waals surface area contributed by atoms with Gasteiger partial charge in [-0.05, 0) is 53.4 Å². The van der Waals surface area contributed by atoms with Crippen LogP contribution in [0.4, 0.5) is 4.79 Å². The Kier molecular flexibility index (Phi) is 6.02. The number of carboxylic acid groups (broad SMARTS) is 1. The van der Waals surface area contributed by atoms with Crippen molar-refractivity contribution < 1.29 is 24.2 Å². The first-order valence-corrected chi connectivity index (χ1v) is 12.1. The summed E-state index contributed by atoms with van der Waals surface area (Å²) in [5, 5.41) is 12.5. The number of alkyl carbamates (subject to hydrolysis) is 1. The van der Waals surface area contributed by atoms with Crippen LogP contribution in [0.3, 0.4) is 0 Å². The number of amides is 2. The number of hydrogen-bond acceptors (Lipinski definition) is 4. The average molecular weight is 463 g/mol. The first kappa shape index (κ1) is 22.4. The fourth-order valence-electron chi connectivity index (χ4n) is 6.17. The predicted octanol–water partition coefficient (Wildman–Crippen LogP) is 4.02. The molecular weight excluding hydrogens is 432 g/mol. The number of hydrogen-bond donors (Lipinski definition) is 2. The lowest BCUT2D eigenvalue weighted by Crippen LogP contribution is -2.52. The molecule has 2 aromatic rings. The molecule has 1 saturated heterocycles. The van der Waals surface area contributed by atoms with Gasteiger partial charge in [0.05, 0.1) is 0 Å². The number of aliphatic carboxylic acids is 1. The molecule has 4 atom stereocenters. The van der Waals surface area contributed by atoms with E-state index in [-0.39, 0.29) is 30.3 Å². The quantitative estimate of drug-likeness (QED) is 0.676. The highest BCUT2D eigenvalue weighted by molar-refractivity contribution is 5.90. The van der Waals surface area contributed by atoms with Gasteiger partial charge in [0.15, 0.2) is 0 Å². The maximum atomic E-state index is 13.2. The Morgan fingerprint density at radius 1 is 1.06 bits per heavy atom. The lowest BCUT2D eigenvalue weighted by atomic mass is 9.94. The van der Waals surface area contributed by atoms with E-state index in [0.29, 0.717) is 13.0 Å². The molecule has 0 spiro atoms. The number of nitrogens with one attached hydrogen (secondary N) is 1. The molecule has 0 radical (unpaired) electrons. The van der Waals surface area contributed by atoms with Crippen molar-refractivity contribution in [1.82, 2.24) is 10.2 Å². The molecule has 0 bridgehead atoms. The van der Waals surface area contributed by atoms with Gasteiger partial charge >= 0.3 is 12.1 Å². The first-order valence-electron chi connectivity index (χ1n) is 12.1. The summed E-state index contributed by atoms with van der Waals surface area (Å²) >= 11 is 0. The molecule has 4 unspecified atom stereocenters. The Balaban J connectivity index is 1.25. The van der Waals surface area contributed by atoms with Crippen molar-refractivity contribution in [1.29, 1.82) is 0 Å². The summed E-state index contributed by atoms with van der Waals surface area (Å²) in [5.41, 5.74) is 4.53. The van der Waals surface area contributed by atoms with Crippen LogP contribution in [0.5, 0.6) is 0 Å². The first-order chi connectivity index (χ1) is 16.5. The van der Waals surface area contributed by atoms with Crippen LogP contribution in [0.25, 0.3) is 11.1 Å². The number of carboxylic acids is 1. The number of carbonyl (C=O) groups excluding carboxylic acids is 2.